The molecule has 0 radical (unpaired) electrons. The van der Waals surface area contributed by atoms with E-state index in [0.29, 0.717) is 23.6 Å². The summed E-state index contributed by atoms with van der Waals surface area (Å²) in [7, 11) is 0. The van der Waals surface area contributed by atoms with Crippen molar-refractivity contribution in [1.29, 1.82) is 0 Å². The number of nitrogens with zero attached hydrogens (tertiary/aromatic N) is 2. The minimum absolute atomic E-state index is 0.201. The van der Waals surface area contributed by atoms with E-state index in [4.69, 9.17) is 4.74 Å². The summed E-state index contributed by atoms with van der Waals surface area (Å²) < 4.78 is 5.35. The molecular formula is C11H8N4O3. The number of aliphatic imine (C=N–C) groups is 1. The Balaban J connectivity index is 2.15. The van der Waals surface area contributed by atoms with Gasteiger partial charge in [0.2, 0.25) is 0 Å². The van der Waals surface area contributed by atoms with Crippen LogP contribution in [0.2, 0.25) is 0 Å². The van der Waals surface area contributed by atoms with Gasteiger partial charge in [-0.25, -0.2) is 9.59 Å². The van der Waals surface area contributed by atoms with Crippen LogP contribution in [0.25, 0.3) is 11.4 Å². The first-order chi connectivity index (χ1) is 8.72. The third-order valence-electron chi connectivity index (χ3n) is 2.44. The number of hydrogen-bond acceptors (Lipinski definition) is 5. The SMILES string of the molecule is O=c1nc(-c2ccc3c(c2)N=CCO3)[nH]c(=O)[nH]1. The van der Waals surface area contributed by atoms with Gasteiger partial charge < -0.3 is 4.74 Å². The van der Waals surface area contributed by atoms with E-state index < -0.39 is 11.4 Å². The molecule has 0 saturated carbocycles. The molecule has 0 bridgehead atoms. The lowest BCUT2D eigenvalue weighted by atomic mass is 10.1. The largest absolute Gasteiger partial charge is 0.486 e. The molecular weight excluding hydrogens is 236 g/mol. The van der Waals surface area contributed by atoms with Crippen LogP contribution in [-0.2, 0) is 0 Å². The molecule has 3 rings (SSSR count). The minimum Gasteiger partial charge on any atom is -0.486 e. The highest BCUT2D eigenvalue weighted by Crippen LogP contribution is 2.32. The molecule has 0 unspecified atom stereocenters. The van der Waals surface area contributed by atoms with Crippen molar-refractivity contribution in [2.45, 2.75) is 0 Å². The summed E-state index contributed by atoms with van der Waals surface area (Å²) in [4.78, 5) is 34.6. The molecule has 90 valence electrons. The van der Waals surface area contributed by atoms with Gasteiger partial charge >= 0.3 is 11.4 Å². The number of rotatable bonds is 1. The van der Waals surface area contributed by atoms with Gasteiger partial charge in [-0.3, -0.25) is 15.0 Å². The van der Waals surface area contributed by atoms with Crippen molar-refractivity contribution in [2.24, 2.45) is 4.99 Å². The van der Waals surface area contributed by atoms with E-state index in [9.17, 15) is 9.59 Å². The van der Waals surface area contributed by atoms with E-state index in [1.54, 1.807) is 24.4 Å². The fourth-order valence-corrected chi connectivity index (χ4v) is 1.68. The average molecular weight is 244 g/mol. The standard InChI is InChI=1S/C11H8N4O3/c16-10-13-9(14-11(17)15-10)6-1-2-8-7(5-6)12-3-4-18-8/h1-3,5H,4H2,(H2,13,14,15,16,17). The topological polar surface area (TPSA) is 100 Å². The summed E-state index contributed by atoms with van der Waals surface area (Å²) in [6.07, 6.45) is 1.64. The fourth-order valence-electron chi connectivity index (χ4n) is 1.68. The molecule has 0 aliphatic carbocycles. The molecule has 1 aromatic carbocycles. The minimum atomic E-state index is -0.689. The Labute approximate surface area is 100 Å². The molecule has 7 heteroatoms. The zero-order valence-corrected chi connectivity index (χ0v) is 9.14. The van der Waals surface area contributed by atoms with Gasteiger partial charge in [-0.1, -0.05) is 0 Å². The monoisotopic (exact) mass is 244 g/mol. The second kappa shape index (κ2) is 3.95. The van der Waals surface area contributed by atoms with Crippen LogP contribution in [0, 0.1) is 0 Å². The number of aromatic amines is 2. The zero-order valence-electron chi connectivity index (χ0n) is 9.14. The van der Waals surface area contributed by atoms with Crippen molar-refractivity contribution in [2.75, 3.05) is 6.61 Å². The zero-order chi connectivity index (χ0) is 12.5. The summed E-state index contributed by atoms with van der Waals surface area (Å²) in [5, 5.41) is 0. The van der Waals surface area contributed by atoms with Crippen LogP contribution in [0.1, 0.15) is 0 Å². The number of hydrogen-bond donors (Lipinski definition) is 2. The lowest BCUT2D eigenvalue weighted by Gasteiger charge is -2.12. The molecule has 2 N–H and O–H groups in total. The van der Waals surface area contributed by atoms with Crippen molar-refractivity contribution >= 4 is 11.9 Å². The fraction of sp³-hybridized carbons (Fsp3) is 0.0909. The van der Waals surface area contributed by atoms with Crippen molar-refractivity contribution < 1.29 is 4.74 Å². The molecule has 0 spiro atoms. The van der Waals surface area contributed by atoms with Crippen LogP contribution in [0.3, 0.4) is 0 Å². The molecule has 18 heavy (non-hydrogen) atoms. The van der Waals surface area contributed by atoms with E-state index >= 15 is 0 Å². The van der Waals surface area contributed by atoms with Gasteiger partial charge in [-0.05, 0) is 18.2 Å². The number of H-pyrrole nitrogens is 2. The molecule has 7 nitrogen and oxygen atoms in total. The maximum absolute atomic E-state index is 11.2. The summed E-state index contributed by atoms with van der Waals surface area (Å²) in [6, 6.07) is 5.13. The number of aromatic nitrogens is 3. The van der Waals surface area contributed by atoms with Gasteiger partial charge in [0, 0.05) is 11.8 Å². The first kappa shape index (κ1) is 10.5. The van der Waals surface area contributed by atoms with E-state index in [1.807, 2.05) is 4.98 Å². The molecule has 1 aliphatic heterocycles. The lowest BCUT2D eigenvalue weighted by Crippen LogP contribution is -2.25. The number of nitrogens with one attached hydrogen (secondary N) is 2. The van der Waals surface area contributed by atoms with Crippen LogP contribution in [0.5, 0.6) is 5.75 Å². The second-order valence-electron chi connectivity index (χ2n) is 3.65. The van der Waals surface area contributed by atoms with Crippen molar-refractivity contribution in [3.63, 3.8) is 0 Å². The molecule has 0 atom stereocenters. The quantitative estimate of drug-likeness (QED) is 0.749. The van der Waals surface area contributed by atoms with Crippen LogP contribution in [-0.4, -0.2) is 27.8 Å². The first-order valence-electron chi connectivity index (χ1n) is 5.23. The van der Waals surface area contributed by atoms with Crippen molar-refractivity contribution in [1.82, 2.24) is 15.0 Å². The Kier molecular flexibility index (Phi) is 2.30. The highest BCUT2D eigenvalue weighted by atomic mass is 16.5. The molecule has 2 aromatic rings. The summed E-state index contributed by atoms with van der Waals surface area (Å²) in [5.41, 5.74) is -0.0463. The molecule has 1 aromatic heterocycles. The molecule has 2 heterocycles. The number of fused-ring (bicyclic) bond motifs is 1. The number of ether oxygens (including phenoxy) is 1. The third kappa shape index (κ3) is 1.81. The second-order valence-corrected chi connectivity index (χ2v) is 3.65. The van der Waals surface area contributed by atoms with Crippen LogP contribution in [0.4, 0.5) is 5.69 Å². The van der Waals surface area contributed by atoms with Gasteiger partial charge in [-0.2, -0.15) is 4.98 Å². The van der Waals surface area contributed by atoms with Gasteiger partial charge in [0.05, 0.1) is 0 Å². The van der Waals surface area contributed by atoms with Crippen LogP contribution < -0.4 is 16.1 Å². The number of benzene rings is 1. The molecule has 0 fully saturated rings. The molecule has 0 amide bonds. The summed E-state index contributed by atoms with van der Waals surface area (Å²) in [6.45, 7) is 0.437. The van der Waals surface area contributed by atoms with Gasteiger partial charge in [0.15, 0.2) is 0 Å². The van der Waals surface area contributed by atoms with Gasteiger partial charge in [0.1, 0.15) is 23.9 Å². The third-order valence-corrected chi connectivity index (χ3v) is 2.44. The van der Waals surface area contributed by atoms with E-state index in [0.717, 1.165) is 0 Å². The van der Waals surface area contributed by atoms with Crippen molar-refractivity contribution in [3.8, 4) is 17.1 Å². The Morgan fingerprint density at radius 3 is 2.94 bits per heavy atom. The highest BCUT2D eigenvalue weighted by Gasteiger charge is 2.10. The summed E-state index contributed by atoms with van der Waals surface area (Å²) in [5.74, 6) is 0.862. The van der Waals surface area contributed by atoms with E-state index in [-0.39, 0.29) is 5.82 Å². The Morgan fingerprint density at radius 2 is 2.11 bits per heavy atom. The Bertz CT molecular complexity index is 716. The molecule has 1 aliphatic rings. The normalized spacial score (nSPS) is 12.9. The van der Waals surface area contributed by atoms with Gasteiger partial charge in [-0.15, -0.1) is 0 Å². The van der Waals surface area contributed by atoms with E-state index in [2.05, 4.69) is 15.0 Å². The first-order valence-corrected chi connectivity index (χ1v) is 5.23. The van der Waals surface area contributed by atoms with Crippen molar-refractivity contribution in [3.05, 3.63) is 39.2 Å². The average Bonchev–Trinajstić information content (AvgIpc) is 2.37. The maximum atomic E-state index is 11.2. The Morgan fingerprint density at radius 1 is 1.22 bits per heavy atom. The lowest BCUT2D eigenvalue weighted by molar-refractivity contribution is 0.377. The van der Waals surface area contributed by atoms with Crippen LogP contribution >= 0.6 is 0 Å². The van der Waals surface area contributed by atoms with E-state index in [1.165, 1.54) is 0 Å². The predicted octanol–water partition coefficient (Wildman–Crippen LogP) is 0.220. The maximum Gasteiger partial charge on any atom is 0.351 e. The Hall–Kier alpha value is -2.70. The molecule has 0 saturated heterocycles. The van der Waals surface area contributed by atoms with Crippen LogP contribution in [0.15, 0.2) is 32.8 Å². The summed E-state index contributed by atoms with van der Waals surface area (Å²) >= 11 is 0. The van der Waals surface area contributed by atoms with Gasteiger partial charge in [0.25, 0.3) is 0 Å². The smallest absolute Gasteiger partial charge is 0.351 e. The highest BCUT2D eigenvalue weighted by molar-refractivity contribution is 5.74. The predicted molar refractivity (Wildman–Crippen MR) is 64.6 cm³/mol.